The Bertz CT molecular complexity index is 689. The van der Waals surface area contributed by atoms with Crippen LogP contribution in [0.4, 0.5) is 0 Å². The summed E-state index contributed by atoms with van der Waals surface area (Å²) in [6, 6.07) is 3.25. The van der Waals surface area contributed by atoms with Crippen LogP contribution in [0.2, 0.25) is 0 Å². The van der Waals surface area contributed by atoms with E-state index in [-0.39, 0.29) is 5.75 Å². The molecule has 0 aliphatic heterocycles. The van der Waals surface area contributed by atoms with Gasteiger partial charge in [-0.15, -0.1) is 0 Å². The molecule has 4 N–H and O–H groups in total. The summed E-state index contributed by atoms with van der Waals surface area (Å²) in [4.78, 5) is 26.7. The third-order valence-electron chi connectivity index (χ3n) is 3.39. The fourth-order valence-electron chi connectivity index (χ4n) is 2.24. The predicted octanol–water partition coefficient (Wildman–Crippen LogP) is 3.71. The lowest BCUT2D eigenvalue weighted by Crippen LogP contribution is -2.18. The molecule has 0 fully saturated rings. The number of rotatable bonds is 5. The molecule has 0 amide bonds. The lowest BCUT2D eigenvalue weighted by molar-refractivity contribution is 0.172. The molecule has 0 aromatic heterocycles. The smallest absolute Gasteiger partial charge is 0.481 e. The minimum atomic E-state index is -5.17. The molecule has 8 nitrogen and oxygen atoms in total. The maximum absolute atomic E-state index is 11.6. The van der Waals surface area contributed by atoms with Gasteiger partial charge in [-0.3, -0.25) is 4.52 Å². The van der Waals surface area contributed by atoms with E-state index in [1.165, 1.54) is 0 Å². The van der Waals surface area contributed by atoms with Crippen molar-refractivity contribution in [2.24, 2.45) is 0 Å². The van der Waals surface area contributed by atoms with Gasteiger partial charge in [-0.05, 0) is 39.7 Å². The lowest BCUT2D eigenvalue weighted by atomic mass is 9.78. The number of benzene rings is 1. The molecule has 1 atom stereocenters. The van der Waals surface area contributed by atoms with Gasteiger partial charge in [-0.25, -0.2) is 9.13 Å². The fraction of sp³-hybridized carbons (Fsp3) is 0.600. The van der Waals surface area contributed by atoms with Gasteiger partial charge < -0.3 is 19.8 Å². The maximum Gasteiger partial charge on any atom is 0.481 e. The molecule has 10 heteroatoms. The van der Waals surface area contributed by atoms with Crippen LogP contribution in [-0.4, -0.2) is 19.8 Å². The fourth-order valence-corrected chi connectivity index (χ4v) is 3.81. The summed E-state index contributed by atoms with van der Waals surface area (Å²) in [6.45, 7) is 11.0. The highest BCUT2D eigenvalue weighted by Crippen LogP contribution is 2.58. The quantitative estimate of drug-likeness (QED) is 0.554. The molecule has 0 bridgehead atoms. The second-order valence-electron chi connectivity index (χ2n) is 7.85. The Kier molecular flexibility index (Phi) is 6.36. The van der Waals surface area contributed by atoms with Crippen molar-refractivity contribution in [1.29, 1.82) is 0 Å². The number of phosphoric acid groups is 2. The standard InChI is InChI=1S/C15H26O8P2/c1-14(2,3)11-7-10(8-12(13(11)16)15(4,5)6)9-22-25(20,21)23-24(17,18)19/h7-8,16H,9H2,1-6H3,(H,20,21)(H2,17,18,19). The summed E-state index contributed by atoms with van der Waals surface area (Å²) < 4.78 is 30.8. The zero-order valence-electron chi connectivity index (χ0n) is 15.2. The van der Waals surface area contributed by atoms with Crippen LogP contribution in [0.15, 0.2) is 12.1 Å². The average Bonchev–Trinajstić information content (AvgIpc) is 2.31. The van der Waals surface area contributed by atoms with E-state index in [0.29, 0.717) is 16.7 Å². The Balaban J connectivity index is 3.25. The first kappa shape index (κ1) is 22.3. The number of phenols is 1. The molecule has 0 saturated heterocycles. The van der Waals surface area contributed by atoms with Crippen molar-refractivity contribution in [1.82, 2.24) is 0 Å². The third kappa shape index (κ3) is 6.83. The van der Waals surface area contributed by atoms with Crippen molar-refractivity contribution < 1.29 is 37.8 Å². The van der Waals surface area contributed by atoms with Crippen LogP contribution in [0, 0.1) is 0 Å². The van der Waals surface area contributed by atoms with Crippen molar-refractivity contribution in [2.75, 3.05) is 0 Å². The van der Waals surface area contributed by atoms with E-state index < -0.39 is 33.1 Å². The topological polar surface area (TPSA) is 134 Å². The van der Waals surface area contributed by atoms with E-state index >= 15 is 0 Å². The SMILES string of the molecule is CC(C)(C)c1cc(COP(=O)(O)OP(=O)(O)O)cc(C(C)(C)C)c1O. The van der Waals surface area contributed by atoms with Crippen molar-refractivity contribution in [3.05, 3.63) is 28.8 Å². The van der Waals surface area contributed by atoms with Gasteiger partial charge in [0.15, 0.2) is 0 Å². The van der Waals surface area contributed by atoms with Crippen LogP contribution >= 0.6 is 15.6 Å². The number of aromatic hydroxyl groups is 1. The summed E-state index contributed by atoms with van der Waals surface area (Å²) >= 11 is 0. The van der Waals surface area contributed by atoms with Crippen molar-refractivity contribution >= 4 is 15.6 Å². The van der Waals surface area contributed by atoms with E-state index in [4.69, 9.17) is 9.79 Å². The van der Waals surface area contributed by atoms with Gasteiger partial charge in [0, 0.05) is 0 Å². The largest absolute Gasteiger partial charge is 0.507 e. The van der Waals surface area contributed by atoms with E-state index in [9.17, 15) is 19.1 Å². The highest BCUT2D eigenvalue weighted by Gasteiger charge is 2.33. The molecule has 1 aromatic carbocycles. The Morgan fingerprint density at radius 1 is 0.920 bits per heavy atom. The third-order valence-corrected chi connectivity index (χ3v) is 5.52. The van der Waals surface area contributed by atoms with Gasteiger partial charge in [-0.2, -0.15) is 4.31 Å². The zero-order chi connectivity index (χ0) is 19.8. The molecule has 0 radical (unpaired) electrons. The normalized spacial score (nSPS) is 15.9. The summed E-state index contributed by atoms with van der Waals surface area (Å²) in [5.74, 6) is 0.141. The van der Waals surface area contributed by atoms with Gasteiger partial charge in [0.05, 0.1) is 6.61 Å². The molecule has 1 unspecified atom stereocenters. The Morgan fingerprint density at radius 2 is 1.32 bits per heavy atom. The van der Waals surface area contributed by atoms with Crippen molar-refractivity contribution in [3.8, 4) is 5.75 Å². The van der Waals surface area contributed by atoms with Crippen LogP contribution in [0.3, 0.4) is 0 Å². The van der Waals surface area contributed by atoms with E-state index in [1.54, 1.807) is 12.1 Å². The summed E-state index contributed by atoms with van der Waals surface area (Å²) in [5.41, 5.74) is 0.928. The molecule has 1 aromatic rings. The van der Waals surface area contributed by atoms with Crippen LogP contribution in [0.25, 0.3) is 0 Å². The van der Waals surface area contributed by atoms with Crippen LogP contribution in [0.1, 0.15) is 58.2 Å². The maximum atomic E-state index is 11.6. The molecule has 0 heterocycles. The molecule has 144 valence electrons. The summed E-state index contributed by atoms with van der Waals surface area (Å²) in [5, 5.41) is 10.6. The van der Waals surface area contributed by atoms with Crippen molar-refractivity contribution in [2.45, 2.75) is 59.0 Å². The monoisotopic (exact) mass is 396 g/mol. The Labute approximate surface area is 147 Å². The summed E-state index contributed by atoms with van der Waals surface area (Å²) in [6.07, 6.45) is 0. The van der Waals surface area contributed by atoms with Gasteiger partial charge in [0.25, 0.3) is 0 Å². The lowest BCUT2D eigenvalue weighted by Gasteiger charge is -2.28. The molecule has 0 aliphatic rings. The van der Waals surface area contributed by atoms with Crippen LogP contribution in [0.5, 0.6) is 5.75 Å². The average molecular weight is 396 g/mol. The second-order valence-corrected chi connectivity index (χ2v) is 10.7. The molecule has 0 saturated carbocycles. The molecule has 25 heavy (non-hydrogen) atoms. The Hall–Kier alpha value is -0.720. The second kappa shape index (κ2) is 7.12. The number of hydrogen-bond donors (Lipinski definition) is 4. The molecule has 0 aliphatic carbocycles. The van der Waals surface area contributed by atoms with E-state index in [2.05, 4.69) is 8.83 Å². The van der Waals surface area contributed by atoms with E-state index in [1.807, 2.05) is 41.5 Å². The molecule has 1 rings (SSSR count). The molecule has 0 spiro atoms. The Morgan fingerprint density at radius 3 is 1.64 bits per heavy atom. The van der Waals surface area contributed by atoms with Crippen molar-refractivity contribution in [3.63, 3.8) is 0 Å². The number of hydrogen-bond acceptors (Lipinski definition) is 5. The number of phenolic OH excluding ortho intramolecular Hbond substituents is 1. The first-order valence-corrected chi connectivity index (χ1v) is 10.6. The minimum absolute atomic E-state index is 0.141. The highest BCUT2D eigenvalue weighted by molar-refractivity contribution is 7.60. The van der Waals surface area contributed by atoms with Crippen LogP contribution in [-0.2, 0) is 35.4 Å². The highest BCUT2D eigenvalue weighted by atomic mass is 31.3. The zero-order valence-corrected chi connectivity index (χ0v) is 17.0. The molecular formula is C15H26O8P2. The minimum Gasteiger partial charge on any atom is -0.507 e. The van der Waals surface area contributed by atoms with E-state index in [0.717, 1.165) is 0 Å². The predicted molar refractivity (Wildman–Crippen MR) is 93.3 cm³/mol. The molecular weight excluding hydrogens is 370 g/mol. The van der Waals surface area contributed by atoms with Gasteiger partial charge in [0.1, 0.15) is 5.75 Å². The van der Waals surface area contributed by atoms with Crippen LogP contribution < -0.4 is 0 Å². The first-order chi connectivity index (χ1) is 10.9. The van der Waals surface area contributed by atoms with Gasteiger partial charge >= 0.3 is 15.6 Å². The van der Waals surface area contributed by atoms with Gasteiger partial charge in [-0.1, -0.05) is 41.5 Å². The first-order valence-electron chi connectivity index (χ1n) is 7.53. The number of phosphoric ester groups is 1. The van der Waals surface area contributed by atoms with Gasteiger partial charge in [0.2, 0.25) is 0 Å². The summed E-state index contributed by atoms with van der Waals surface area (Å²) in [7, 11) is -10.1.